The van der Waals surface area contributed by atoms with Crippen molar-refractivity contribution in [1.29, 1.82) is 0 Å². The zero-order valence-corrected chi connectivity index (χ0v) is 14.9. The Kier molecular flexibility index (Phi) is 6.31. The van der Waals surface area contributed by atoms with E-state index in [2.05, 4.69) is 19.5 Å². The molecule has 1 N–H and O–H groups in total. The van der Waals surface area contributed by atoms with Gasteiger partial charge in [-0.1, -0.05) is 5.10 Å². The fourth-order valence-electron chi connectivity index (χ4n) is 1.82. The molecule has 1 aromatic carbocycles. The number of aromatic nitrogens is 2. The second kappa shape index (κ2) is 8.24. The summed E-state index contributed by atoms with van der Waals surface area (Å²) in [5.74, 6) is 0. The second-order valence-corrected chi connectivity index (χ2v) is 6.79. The quantitative estimate of drug-likeness (QED) is 0.329. The zero-order chi connectivity index (χ0) is 17.6. The zero-order valence-electron chi connectivity index (χ0n) is 13.2. The molecule has 0 unspecified atom stereocenters. The summed E-state index contributed by atoms with van der Waals surface area (Å²) in [5, 5.41) is 13.0. The lowest BCUT2D eigenvalue weighted by atomic mass is 10.2. The lowest BCUT2D eigenvalue weighted by molar-refractivity contribution is -0.713. The highest BCUT2D eigenvalue weighted by atomic mass is 32.3. The molecule has 0 amide bonds. The van der Waals surface area contributed by atoms with Crippen molar-refractivity contribution in [1.82, 2.24) is 5.10 Å². The van der Waals surface area contributed by atoms with Crippen molar-refractivity contribution >= 4 is 38.2 Å². The molecule has 1 heterocycles. The number of anilines is 1. The highest BCUT2D eigenvalue weighted by Crippen LogP contribution is 2.21. The van der Waals surface area contributed by atoms with Crippen molar-refractivity contribution in [2.75, 3.05) is 25.1 Å². The van der Waals surface area contributed by atoms with Gasteiger partial charge in [0.1, 0.15) is 18.2 Å². The maximum Gasteiger partial charge on any atom is 0.429 e. The molecule has 1 aromatic heterocycles. The van der Waals surface area contributed by atoms with E-state index in [1.807, 2.05) is 36.2 Å². The van der Waals surface area contributed by atoms with Crippen LogP contribution in [0.3, 0.4) is 0 Å². The minimum atomic E-state index is -4.37. The van der Waals surface area contributed by atoms with Crippen LogP contribution < -0.4 is 9.58 Å². The van der Waals surface area contributed by atoms with Crippen LogP contribution in [-0.4, -0.2) is 38.3 Å². The Balaban J connectivity index is 1.87. The minimum absolute atomic E-state index is 0.0681. The molecule has 11 heteroatoms. The first-order valence-corrected chi connectivity index (χ1v) is 9.24. The standard InChI is InChI=1S/C13H17N5O4S2/c1-17(8-3-9-22-24(19,20)21)12-6-4-11(5-7-12)15-16-13-18(2)14-10-23-13/h4-7,10H,3,8-9H2,1-2H3/p+1. The third kappa shape index (κ3) is 5.92. The molecule has 2 rings (SSSR count). The normalized spacial score (nSPS) is 12.0. The van der Waals surface area contributed by atoms with E-state index in [9.17, 15) is 8.42 Å². The molecule has 9 nitrogen and oxygen atoms in total. The molecular formula is C13H18N5O4S2+. The smallest absolute Gasteiger partial charge is 0.375 e. The van der Waals surface area contributed by atoms with Crippen LogP contribution in [0.15, 0.2) is 40.0 Å². The van der Waals surface area contributed by atoms with Gasteiger partial charge < -0.3 is 4.90 Å². The molecule has 0 atom stereocenters. The second-order valence-electron chi connectivity index (χ2n) is 4.89. The molecule has 0 aliphatic heterocycles. The molecular weight excluding hydrogens is 354 g/mol. The van der Waals surface area contributed by atoms with Gasteiger partial charge >= 0.3 is 15.5 Å². The summed E-state index contributed by atoms with van der Waals surface area (Å²) in [6.45, 7) is 0.508. The average molecular weight is 372 g/mol. The van der Waals surface area contributed by atoms with Gasteiger partial charge in [-0.05, 0) is 47.1 Å². The van der Waals surface area contributed by atoms with E-state index < -0.39 is 10.4 Å². The Labute approximate surface area is 144 Å². The van der Waals surface area contributed by atoms with Crippen LogP contribution in [0.1, 0.15) is 6.42 Å². The minimum Gasteiger partial charge on any atom is -0.375 e. The van der Waals surface area contributed by atoms with Crippen molar-refractivity contribution in [3.05, 3.63) is 29.8 Å². The molecule has 0 aliphatic carbocycles. The monoisotopic (exact) mass is 372 g/mol. The fraction of sp³-hybridized carbons (Fsp3) is 0.385. The van der Waals surface area contributed by atoms with Crippen molar-refractivity contribution in [3.8, 4) is 0 Å². The first-order valence-electron chi connectivity index (χ1n) is 7.00. The first kappa shape index (κ1) is 18.4. The Bertz CT molecular complexity index is 789. The maximum atomic E-state index is 10.4. The number of azo groups is 1. The van der Waals surface area contributed by atoms with Crippen LogP contribution in [0.4, 0.5) is 16.5 Å². The van der Waals surface area contributed by atoms with E-state index in [1.54, 1.807) is 17.2 Å². The van der Waals surface area contributed by atoms with Crippen LogP contribution in [0.5, 0.6) is 0 Å². The number of benzene rings is 1. The third-order valence-electron chi connectivity index (χ3n) is 3.07. The highest BCUT2D eigenvalue weighted by Gasteiger charge is 2.09. The Morgan fingerprint density at radius 3 is 2.62 bits per heavy atom. The summed E-state index contributed by atoms with van der Waals surface area (Å²) >= 11 is 1.40. The van der Waals surface area contributed by atoms with Crippen molar-refractivity contribution in [2.24, 2.45) is 17.3 Å². The predicted octanol–water partition coefficient (Wildman–Crippen LogP) is 2.03. The third-order valence-corrected chi connectivity index (χ3v) is 4.29. The number of nitrogens with zero attached hydrogens (tertiary/aromatic N) is 5. The summed E-state index contributed by atoms with van der Waals surface area (Å²) in [4.78, 5) is 1.94. The summed E-state index contributed by atoms with van der Waals surface area (Å²) in [5.41, 5.74) is 3.36. The average Bonchev–Trinajstić information content (AvgIpc) is 2.94. The van der Waals surface area contributed by atoms with Gasteiger partial charge in [-0.2, -0.15) is 8.42 Å². The lowest BCUT2D eigenvalue weighted by Gasteiger charge is -2.18. The number of hydrogen-bond acceptors (Lipinski definition) is 8. The van der Waals surface area contributed by atoms with Crippen molar-refractivity contribution < 1.29 is 21.8 Å². The van der Waals surface area contributed by atoms with Gasteiger partial charge in [0, 0.05) is 19.3 Å². The van der Waals surface area contributed by atoms with Gasteiger partial charge in [0.2, 0.25) is 0 Å². The molecule has 0 spiro atoms. The molecule has 0 bridgehead atoms. The molecule has 0 fully saturated rings. The highest BCUT2D eigenvalue weighted by molar-refractivity contribution is 7.80. The largest absolute Gasteiger partial charge is 0.429 e. The molecule has 2 aromatic rings. The van der Waals surface area contributed by atoms with Crippen LogP contribution in [0.2, 0.25) is 0 Å². The number of rotatable bonds is 8. The Hall–Kier alpha value is -1.95. The van der Waals surface area contributed by atoms with Gasteiger partial charge in [-0.15, -0.1) is 4.68 Å². The SMILES string of the molecule is CN(CCCOS(=O)(=O)O)c1ccc(N=Nc2scn[n+]2C)cc1. The van der Waals surface area contributed by atoms with Gasteiger partial charge in [0.05, 0.1) is 11.7 Å². The molecule has 24 heavy (non-hydrogen) atoms. The Morgan fingerprint density at radius 2 is 2.04 bits per heavy atom. The number of hydrogen-bond donors (Lipinski definition) is 1. The van der Waals surface area contributed by atoms with E-state index in [4.69, 9.17) is 4.55 Å². The van der Waals surface area contributed by atoms with E-state index >= 15 is 0 Å². The van der Waals surface area contributed by atoms with Gasteiger partial charge in [0.25, 0.3) is 0 Å². The van der Waals surface area contributed by atoms with E-state index in [0.29, 0.717) is 18.1 Å². The van der Waals surface area contributed by atoms with Crippen LogP contribution in [0, 0.1) is 0 Å². The molecule has 0 aliphatic rings. The lowest BCUT2D eigenvalue weighted by Crippen LogP contribution is -2.28. The van der Waals surface area contributed by atoms with Crippen molar-refractivity contribution in [3.63, 3.8) is 0 Å². The van der Waals surface area contributed by atoms with Crippen LogP contribution in [-0.2, 0) is 21.6 Å². The first-order chi connectivity index (χ1) is 11.3. The Morgan fingerprint density at radius 1 is 1.33 bits per heavy atom. The van der Waals surface area contributed by atoms with E-state index in [0.717, 1.165) is 11.4 Å². The molecule has 0 radical (unpaired) electrons. The molecule has 0 saturated carbocycles. The fourth-order valence-corrected chi connectivity index (χ4v) is 2.72. The summed E-state index contributed by atoms with van der Waals surface area (Å²) in [7, 11) is -0.691. The van der Waals surface area contributed by atoms with Gasteiger partial charge in [-0.25, -0.2) is 4.18 Å². The van der Waals surface area contributed by atoms with Crippen molar-refractivity contribution in [2.45, 2.75) is 6.42 Å². The van der Waals surface area contributed by atoms with Crippen LogP contribution in [0.25, 0.3) is 0 Å². The number of aryl methyl sites for hydroxylation is 1. The topological polar surface area (TPSA) is 108 Å². The van der Waals surface area contributed by atoms with E-state index in [-0.39, 0.29) is 6.61 Å². The predicted molar refractivity (Wildman–Crippen MR) is 89.3 cm³/mol. The summed E-state index contributed by atoms with van der Waals surface area (Å²) in [6, 6.07) is 7.46. The summed E-state index contributed by atoms with van der Waals surface area (Å²) in [6.07, 6.45) is 0.458. The van der Waals surface area contributed by atoms with Gasteiger partial charge in [0.15, 0.2) is 0 Å². The maximum absolute atomic E-state index is 10.4. The molecule has 130 valence electrons. The van der Waals surface area contributed by atoms with Gasteiger partial charge in [-0.3, -0.25) is 4.55 Å². The summed E-state index contributed by atoms with van der Waals surface area (Å²) < 4.78 is 35.3. The van der Waals surface area contributed by atoms with Crippen LogP contribution >= 0.6 is 11.3 Å². The molecule has 0 saturated heterocycles. The van der Waals surface area contributed by atoms with E-state index in [1.165, 1.54) is 11.3 Å².